The lowest BCUT2D eigenvalue weighted by molar-refractivity contribution is -0.133. The molecule has 2 aliphatic rings. The van der Waals surface area contributed by atoms with Crippen LogP contribution in [-0.2, 0) is 36.8 Å². The van der Waals surface area contributed by atoms with Crippen LogP contribution in [0.4, 0.5) is 11.4 Å². The molecule has 47 heavy (non-hydrogen) atoms. The molecule has 2 atom stereocenters. The van der Waals surface area contributed by atoms with Gasteiger partial charge in [-0.3, -0.25) is 30.0 Å². The molecule has 2 saturated heterocycles. The second-order valence-electron chi connectivity index (χ2n) is 11.6. The van der Waals surface area contributed by atoms with Gasteiger partial charge >= 0.3 is 12.8 Å². The van der Waals surface area contributed by atoms with Crippen LogP contribution in [0, 0.1) is 10.8 Å². The third kappa shape index (κ3) is 10.4. The van der Waals surface area contributed by atoms with Crippen LogP contribution in [0.3, 0.4) is 0 Å². The van der Waals surface area contributed by atoms with E-state index in [0.29, 0.717) is 76.7 Å². The normalized spacial score (nSPS) is 18.0. The highest BCUT2D eigenvalue weighted by atomic mass is 16.5. The second kappa shape index (κ2) is 16.9. The fraction of sp³-hybridized carbons (Fsp3) is 0.438. The summed E-state index contributed by atoms with van der Waals surface area (Å²) in [5, 5.41) is 20.0. The molecule has 0 saturated carbocycles. The van der Waals surface area contributed by atoms with E-state index >= 15 is 0 Å². The lowest BCUT2D eigenvalue weighted by Gasteiger charge is -2.39. The van der Waals surface area contributed by atoms with Crippen molar-refractivity contribution in [1.29, 1.82) is 10.8 Å². The molecule has 2 unspecified atom stereocenters. The summed E-state index contributed by atoms with van der Waals surface area (Å²) in [4.78, 5) is 55.9. The third-order valence-electron chi connectivity index (χ3n) is 8.27. The molecule has 2 aliphatic heterocycles. The zero-order chi connectivity index (χ0) is 33.8. The molecule has 2 fully saturated rings. The van der Waals surface area contributed by atoms with E-state index in [2.05, 4.69) is 10.6 Å². The van der Waals surface area contributed by atoms with Gasteiger partial charge in [-0.1, -0.05) is 24.3 Å². The van der Waals surface area contributed by atoms with Crippen LogP contribution in [0.15, 0.2) is 48.5 Å². The first-order valence-electron chi connectivity index (χ1n) is 15.5. The summed E-state index contributed by atoms with van der Waals surface area (Å²) in [5.41, 5.74) is 13.7. The smallest absolute Gasteiger partial charge is 0.312 e. The highest BCUT2D eigenvalue weighted by Gasteiger charge is 2.31. The number of ether oxygens (including phenoxy) is 1. The Morgan fingerprint density at radius 3 is 1.43 bits per heavy atom. The van der Waals surface area contributed by atoms with E-state index in [1.54, 1.807) is 43.9 Å². The van der Waals surface area contributed by atoms with E-state index in [1.807, 2.05) is 37.1 Å². The summed E-state index contributed by atoms with van der Waals surface area (Å²) in [6, 6.07) is 13.8. The molecule has 250 valence electrons. The number of nitrogens with one attached hydrogen (secondary N) is 4. The van der Waals surface area contributed by atoms with Gasteiger partial charge in [0, 0.05) is 63.9 Å². The predicted octanol–water partition coefficient (Wildman–Crippen LogP) is 0.0393. The van der Waals surface area contributed by atoms with E-state index < -0.39 is 0 Å². The summed E-state index contributed by atoms with van der Waals surface area (Å²) < 4.78 is 5.91. The van der Waals surface area contributed by atoms with Crippen molar-refractivity contribution in [3.63, 3.8) is 0 Å². The molecule has 15 nitrogen and oxygen atoms in total. The minimum absolute atomic E-state index is 0.0441. The monoisotopic (exact) mass is 646 g/mol. The number of nitrogens with zero attached hydrogens (tertiary/aromatic N) is 4. The van der Waals surface area contributed by atoms with Crippen molar-refractivity contribution < 1.29 is 23.9 Å². The summed E-state index contributed by atoms with van der Waals surface area (Å²) in [7, 11) is 0. The first-order valence-corrected chi connectivity index (χ1v) is 15.5. The maximum atomic E-state index is 13.0. The summed E-state index contributed by atoms with van der Waals surface area (Å²) >= 11 is 0. The molecule has 0 bridgehead atoms. The van der Waals surface area contributed by atoms with E-state index in [-0.39, 0.29) is 48.7 Å². The van der Waals surface area contributed by atoms with Gasteiger partial charge < -0.3 is 46.4 Å². The van der Waals surface area contributed by atoms with Gasteiger partial charge in [-0.25, -0.2) is 0 Å². The van der Waals surface area contributed by atoms with Gasteiger partial charge in [-0.05, 0) is 48.2 Å². The van der Waals surface area contributed by atoms with Crippen LogP contribution >= 0.6 is 0 Å². The molecule has 0 aromatic heterocycles. The number of hydrogen-bond acceptors (Lipinski definition) is 7. The number of carbonyl (C=O) groups excluding carboxylic acids is 4. The third-order valence-corrected chi connectivity index (χ3v) is 8.27. The van der Waals surface area contributed by atoms with Gasteiger partial charge in [-0.15, -0.1) is 0 Å². The van der Waals surface area contributed by atoms with Crippen LogP contribution in [0.5, 0.6) is 0 Å². The van der Waals surface area contributed by atoms with Gasteiger partial charge in [0.05, 0.1) is 24.9 Å². The summed E-state index contributed by atoms with van der Waals surface area (Å²) in [6.45, 7) is 3.08. The molecule has 8 N–H and O–H groups in total. The topological polar surface area (TPSA) is 214 Å². The largest absolute Gasteiger partial charge is 0.381 e. The van der Waals surface area contributed by atoms with E-state index in [9.17, 15) is 19.2 Å². The SMILES string of the molecule is N=C(N)Nc1ccc(CC(=O)N2CCN([C]=O)C(CCOCCC3CN(C(=O)Cc4ccc(NC(=N)N)cc4)CCN3[C]=O)C2)cc1. The summed E-state index contributed by atoms with van der Waals surface area (Å²) in [6.07, 6.45) is 5.43. The van der Waals surface area contributed by atoms with Crippen LogP contribution in [-0.4, -0.2) is 121 Å². The Labute approximate surface area is 274 Å². The predicted molar refractivity (Wildman–Crippen MR) is 177 cm³/mol. The average Bonchev–Trinajstić information content (AvgIpc) is 3.05. The Morgan fingerprint density at radius 2 is 1.09 bits per heavy atom. The van der Waals surface area contributed by atoms with Crippen molar-refractivity contribution in [3.05, 3.63) is 59.7 Å². The molecular formula is C32H42N10O5. The molecule has 0 spiro atoms. The molecule has 2 radical (unpaired) electrons. The maximum Gasteiger partial charge on any atom is 0.312 e. The number of hydrogen-bond donors (Lipinski definition) is 6. The van der Waals surface area contributed by atoms with Crippen molar-refractivity contribution in [2.75, 3.05) is 63.1 Å². The van der Waals surface area contributed by atoms with Crippen LogP contribution in [0.1, 0.15) is 24.0 Å². The van der Waals surface area contributed by atoms with E-state index in [4.69, 9.17) is 27.0 Å². The van der Waals surface area contributed by atoms with Crippen molar-refractivity contribution in [3.8, 4) is 0 Å². The zero-order valence-corrected chi connectivity index (χ0v) is 26.2. The Morgan fingerprint density at radius 1 is 0.702 bits per heavy atom. The fourth-order valence-corrected chi connectivity index (χ4v) is 5.73. The lowest BCUT2D eigenvalue weighted by Crippen LogP contribution is -2.55. The molecule has 2 aromatic carbocycles. The molecule has 0 aliphatic carbocycles. The molecule has 4 rings (SSSR count). The Bertz CT molecular complexity index is 1300. The van der Waals surface area contributed by atoms with Crippen LogP contribution < -0.4 is 22.1 Å². The highest BCUT2D eigenvalue weighted by Crippen LogP contribution is 2.17. The first-order chi connectivity index (χ1) is 22.6. The number of anilines is 2. The number of benzene rings is 2. The quantitative estimate of drug-likeness (QED) is 0.0927. The van der Waals surface area contributed by atoms with Crippen LogP contribution in [0.25, 0.3) is 0 Å². The number of nitrogens with two attached hydrogens (primary N) is 2. The van der Waals surface area contributed by atoms with Gasteiger partial charge in [0.2, 0.25) is 11.8 Å². The zero-order valence-electron chi connectivity index (χ0n) is 26.2. The van der Waals surface area contributed by atoms with E-state index in [1.165, 1.54) is 0 Å². The van der Waals surface area contributed by atoms with Crippen molar-refractivity contribution in [1.82, 2.24) is 19.6 Å². The van der Waals surface area contributed by atoms with Crippen molar-refractivity contribution in [2.24, 2.45) is 11.5 Å². The van der Waals surface area contributed by atoms with Gasteiger partial charge in [0.15, 0.2) is 11.9 Å². The molecule has 2 heterocycles. The average molecular weight is 647 g/mol. The van der Waals surface area contributed by atoms with Gasteiger partial charge in [-0.2, -0.15) is 0 Å². The first kappa shape index (κ1) is 34.7. The maximum absolute atomic E-state index is 13.0. The van der Waals surface area contributed by atoms with Crippen molar-refractivity contribution >= 4 is 47.9 Å². The van der Waals surface area contributed by atoms with Gasteiger partial charge in [0.1, 0.15) is 0 Å². The molecule has 15 heteroatoms. The molecule has 2 aromatic rings. The van der Waals surface area contributed by atoms with Crippen LogP contribution in [0.2, 0.25) is 0 Å². The molecular weight excluding hydrogens is 604 g/mol. The fourth-order valence-electron chi connectivity index (χ4n) is 5.73. The van der Waals surface area contributed by atoms with Gasteiger partial charge in [0.25, 0.3) is 0 Å². The standard InChI is InChI=1S/C32H42N10O5/c33-31(34)37-25-5-1-23(2-6-25)17-29(45)39-11-13-41(21-43)27(19-39)9-15-47-16-10-28-20-40(12-14-42(28)22-44)30(46)18-24-3-7-26(8-4-24)38-32(35)36/h1-8,27-28H,9-20H2,(H4,33,34,37)(H4,35,36,38). The van der Waals surface area contributed by atoms with Crippen molar-refractivity contribution in [2.45, 2.75) is 37.8 Å². The highest BCUT2D eigenvalue weighted by molar-refractivity contribution is 5.90. The Kier molecular flexibility index (Phi) is 12.5. The number of piperazine rings is 2. The second-order valence-corrected chi connectivity index (χ2v) is 11.6. The number of carbonyl (C=O) groups is 2. The minimum Gasteiger partial charge on any atom is -0.381 e. The minimum atomic E-state index is -0.234. The Balaban J connectivity index is 1.21. The lowest BCUT2D eigenvalue weighted by atomic mass is 10.1. The number of amides is 4. The number of guanidine groups is 2. The number of rotatable bonds is 14. The summed E-state index contributed by atoms with van der Waals surface area (Å²) in [5.74, 6) is -0.416. The Hall–Kier alpha value is -5.18. The van der Waals surface area contributed by atoms with E-state index in [0.717, 1.165) is 11.1 Å². The molecule has 4 amide bonds.